The van der Waals surface area contributed by atoms with Crippen molar-refractivity contribution in [2.24, 2.45) is 0 Å². The molecule has 0 aromatic heterocycles. The van der Waals surface area contributed by atoms with Crippen molar-refractivity contribution in [1.29, 1.82) is 0 Å². The second-order valence-corrected chi connectivity index (χ2v) is 10.4. The van der Waals surface area contributed by atoms with Crippen molar-refractivity contribution in [2.45, 2.75) is 110 Å². The molecule has 0 radical (unpaired) electrons. The van der Waals surface area contributed by atoms with E-state index in [-0.39, 0.29) is 18.3 Å². The maximum atomic E-state index is 11.8. The number of rotatable bonds is 30. The third-order valence-electron chi connectivity index (χ3n) is 6.76. The van der Waals surface area contributed by atoms with Gasteiger partial charge in [-0.15, -0.1) is 0 Å². The highest BCUT2D eigenvalue weighted by atomic mass is 16.6. The van der Waals surface area contributed by atoms with Gasteiger partial charge in [-0.2, -0.15) is 0 Å². The molecule has 0 aliphatic rings. The summed E-state index contributed by atoms with van der Waals surface area (Å²) in [6.07, 6.45) is 20.1. The number of benzene rings is 1. The molecule has 0 fully saturated rings. The van der Waals surface area contributed by atoms with Gasteiger partial charge in [-0.05, 0) is 18.6 Å². The van der Waals surface area contributed by atoms with E-state index in [0.29, 0.717) is 58.4 Å². The van der Waals surface area contributed by atoms with Gasteiger partial charge >= 0.3 is 5.97 Å². The number of carbonyl (C=O) groups excluding carboxylic acids is 1. The highest BCUT2D eigenvalue weighted by Crippen LogP contribution is 2.17. The zero-order valence-electron chi connectivity index (χ0n) is 25.5. The Hall–Kier alpha value is -2.23. The number of non-ortho nitro benzene ring substituents is 1. The summed E-state index contributed by atoms with van der Waals surface area (Å²) >= 11 is 0. The van der Waals surface area contributed by atoms with Crippen LogP contribution in [-0.2, 0) is 23.7 Å². The maximum absolute atomic E-state index is 11.8. The molecule has 0 aliphatic carbocycles. The summed E-state index contributed by atoms with van der Waals surface area (Å²) in [6, 6.07) is 5.92. The van der Waals surface area contributed by atoms with Gasteiger partial charge in [0.15, 0.2) is 0 Å². The van der Waals surface area contributed by atoms with E-state index in [4.69, 9.17) is 23.7 Å². The van der Waals surface area contributed by atoms with Crippen LogP contribution in [-0.4, -0.2) is 63.7 Å². The molecule has 1 aromatic carbocycles. The van der Waals surface area contributed by atoms with Gasteiger partial charge in [0.05, 0.1) is 44.6 Å². The van der Waals surface area contributed by atoms with Gasteiger partial charge in [-0.25, -0.2) is 0 Å². The van der Waals surface area contributed by atoms with Crippen LogP contribution in [0.4, 0.5) is 5.69 Å². The van der Waals surface area contributed by atoms with Crippen LogP contribution in [0.2, 0.25) is 0 Å². The Morgan fingerprint density at radius 1 is 0.610 bits per heavy atom. The highest BCUT2D eigenvalue weighted by Gasteiger charge is 2.05. The lowest BCUT2D eigenvalue weighted by Crippen LogP contribution is -2.14. The fraction of sp³-hybridized carbons (Fsp3) is 0.781. The van der Waals surface area contributed by atoms with Crippen molar-refractivity contribution in [3.8, 4) is 5.75 Å². The second kappa shape index (κ2) is 27.9. The van der Waals surface area contributed by atoms with Crippen LogP contribution in [0.25, 0.3) is 0 Å². The number of unbranched alkanes of at least 4 members (excludes halogenated alkanes) is 14. The fourth-order valence-corrected chi connectivity index (χ4v) is 4.35. The number of esters is 1. The molecule has 0 bridgehead atoms. The van der Waals surface area contributed by atoms with Crippen molar-refractivity contribution in [3.63, 3.8) is 0 Å². The van der Waals surface area contributed by atoms with E-state index >= 15 is 0 Å². The molecular formula is C32H55NO8. The maximum Gasteiger partial charge on any atom is 0.305 e. The topological polar surface area (TPSA) is 106 Å². The Morgan fingerprint density at radius 2 is 1.02 bits per heavy atom. The Balaban J connectivity index is 1.74. The predicted octanol–water partition coefficient (Wildman–Crippen LogP) is 7.83. The lowest BCUT2D eigenvalue weighted by atomic mass is 10.0. The summed E-state index contributed by atoms with van der Waals surface area (Å²) in [7, 11) is 0. The minimum Gasteiger partial charge on any atom is -0.491 e. The highest BCUT2D eigenvalue weighted by molar-refractivity contribution is 5.69. The number of nitro groups is 1. The number of hydrogen-bond acceptors (Lipinski definition) is 8. The standard InChI is InChI=1S/C32H55NO8/c1-2-3-4-5-6-7-8-9-10-11-12-13-14-15-16-17-32(34)41-29-27-39-25-23-37-22-24-38-26-28-40-31-20-18-30(19-21-31)33(35)36/h18-21H,2-17,22-29H2,1H3. The molecular weight excluding hydrogens is 526 g/mol. The quantitative estimate of drug-likeness (QED) is 0.0392. The molecule has 0 aliphatic heterocycles. The van der Waals surface area contributed by atoms with Gasteiger partial charge in [-0.1, -0.05) is 96.8 Å². The average molecular weight is 582 g/mol. The summed E-state index contributed by atoms with van der Waals surface area (Å²) in [6.45, 7) is 5.38. The van der Waals surface area contributed by atoms with Gasteiger partial charge in [0.25, 0.3) is 5.69 Å². The Kier molecular flexibility index (Phi) is 25.1. The van der Waals surface area contributed by atoms with Crippen molar-refractivity contribution in [2.75, 3.05) is 52.9 Å². The first-order valence-electron chi connectivity index (χ1n) is 15.9. The third-order valence-corrected chi connectivity index (χ3v) is 6.76. The molecule has 0 spiro atoms. The molecule has 1 aromatic rings. The smallest absolute Gasteiger partial charge is 0.305 e. The Bertz CT molecular complexity index is 744. The molecule has 0 N–H and O–H groups in total. The molecule has 0 saturated heterocycles. The molecule has 9 nitrogen and oxygen atoms in total. The van der Waals surface area contributed by atoms with Gasteiger partial charge in [0.2, 0.25) is 0 Å². The lowest BCUT2D eigenvalue weighted by molar-refractivity contribution is -0.384. The first-order chi connectivity index (χ1) is 20.1. The largest absolute Gasteiger partial charge is 0.491 e. The van der Waals surface area contributed by atoms with Gasteiger partial charge in [-0.3, -0.25) is 14.9 Å². The van der Waals surface area contributed by atoms with E-state index in [9.17, 15) is 14.9 Å². The van der Waals surface area contributed by atoms with E-state index in [1.807, 2.05) is 0 Å². The van der Waals surface area contributed by atoms with Crippen molar-refractivity contribution < 1.29 is 33.4 Å². The van der Waals surface area contributed by atoms with E-state index in [1.165, 1.54) is 95.6 Å². The van der Waals surface area contributed by atoms with E-state index in [0.717, 1.165) is 12.8 Å². The first kappa shape index (κ1) is 36.8. The van der Waals surface area contributed by atoms with Crippen LogP contribution in [0.1, 0.15) is 110 Å². The summed E-state index contributed by atoms with van der Waals surface area (Å²) in [4.78, 5) is 22.0. The molecule has 0 heterocycles. The summed E-state index contributed by atoms with van der Waals surface area (Å²) in [5.74, 6) is 0.414. The minimum absolute atomic E-state index is 0.0290. The molecule has 0 saturated carbocycles. The van der Waals surface area contributed by atoms with Crippen LogP contribution in [0.5, 0.6) is 5.75 Å². The fourth-order valence-electron chi connectivity index (χ4n) is 4.35. The number of nitrogens with zero attached hydrogens (tertiary/aromatic N) is 1. The molecule has 9 heteroatoms. The summed E-state index contributed by atoms with van der Waals surface area (Å²) in [5, 5.41) is 10.6. The molecule has 0 amide bonds. The molecule has 1 rings (SSSR count). The monoisotopic (exact) mass is 581 g/mol. The van der Waals surface area contributed by atoms with E-state index in [1.54, 1.807) is 12.1 Å². The van der Waals surface area contributed by atoms with Crippen LogP contribution in [0.3, 0.4) is 0 Å². The number of carbonyl (C=O) groups is 1. The lowest BCUT2D eigenvalue weighted by Gasteiger charge is -2.08. The second-order valence-electron chi connectivity index (χ2n) is 10.4. The molecule has 0 unspecified atom stereocenters. The SMILES string of the molecule is CCCCCCCCCCCCCCCCCC(=O)OCCOCCOCCOCCOc1ccc([N+](=O)[O-])cc1. The zero-order chi connectivity index (χ0) is 29.6. The van der Waals surface area contributed by atoms with E-state index < -0.39 is 4.92 Å². The minimum atomic E-state index is -0.449. The Labute approximate surface area is 247 Å². The molecule has 236 valence electrons. The van der Waals surface area contributed by atoms with Crippen LogP contribution in [0.15, 0.2) is 24.3 Å². The normalized spacial score (nSPS) is 11.0. The van der Waals surface area contributed by atoms with Crippen molar-refractivity contribution in [3.05, 3.63) is 34.4 Å². The molecule has 41 heavy (non-hydrogen) atoms. The van der Waals surface area contributed by atoms with Crippen LogP contribution >= 0.6 is 0 Å². The summed E-state index contributed by atoms with van der Waals surface area (Å²) in [5.41, 5.74) is 0.0290. The number of hydrogen-bond donors (Lipinski definition) is 0. The number of nitro benzene ring substituents is 1. The summed E-state index contributed by atoms with van der Waals surface area (Å²) < 4.78 is 27.0. The van der Waals surface area contributed by atoms with Crippen molar-refractivity contribution >= 4 is 11.7 Å². The predicted molar refractivity (Wildman–Crippen MR) is 162 cm³/mol. The zero-order valence-corrected chi connectivity index (χ0v) is 25.5. The van der Waals surface area contributed by atoms with Crippen LogP contribution < -0.4 is 4.74 Å². The van der Waals surface area contributed by atoms with Crippen molar-refractivity contribution in [1.82, 2.24) is 0 Å². The van der Waals surface area contributed by atoms with Gasteiger partial charge in [0.1, 0.15) is 19.0 Å². The Morgan fingerprint density at radius 3 is 1.49 bits per heavy atom. The van der Waals surface area contributed by atoms with E-state index in [2.05, 4.69) is 6.92 Å². The van der Waals surface area contributed by atoms with Gasteiger partial charge < -0.3 is 23.7 Å². The number of ether oxygens (including phenoxy) is 5. The first-order valence-corrected chi connectivity index (χ1v) is 15.9. The van der Waals surface area contributed by atoms with Crippen LogP contribution in [0, 0.1) is 10.1 Å². The molecule has 0 atom stereocenters. The third kappa shape index (κ3) is 24.1. The van der Waals surface area contributed by atoms with Gasteiger partial charge in [0, 0.05) is 18.6 Å². The average Bonchev–Trinajstić information content (AvgIpc) is 2.97.